The molecule has 0 atom stereocenters. The van der Waals surface area contributed by atoms with E-state index in [1.807, 2.05) is 0 Å². The molecule has 10 heteroatoms. The molecule has 1 aromatic heterocycles. The summed E-state index contributed by atoms with van der Waals surface area (Å²) in [5, 5.41) is 7.02. The van der Waals surface area contributed by atoms with Crippen LogP contribution in [0.25, 0.3) is 5.69 Å². The molecule has 0 radical (unpaired) electrons. The van der Waals surface area contributed by atoms with Crippen LogP contribution in [0.15, 0.2) is 72.2 Å². The number of allylic oxidation sites excluding steroid dienone is 2. The van der Waals surface area contributed by atoms with Crippen LogP contribution in [0, 0.1) is 0 Å². The van der Waals surface area contributed by atoms with Gasteiger partial charge in [0.25, 0.3) is 5.91 Å². The number of rotatable bonds is 8. The van der Waals surface area contributed by atoms with Crippen molar-refractivity contribution < 1.29 is 28.6 Å². The molecule has 1 aliphatic rings. The van der Waals surface area contributed by atoms with Crippen molar-refractivity contribution in [1.29, 1.82) is 0 Å². The van der Waals surface area contributed by atoms with Crippen LogP contribution in [-0.2, 0) is 23.8 Å². The van der Waals surface area contributed by atoms with Crippen molar-refractivity contribution in [2.45, 2.75) is 0 Å². The molecule has 1 aliphatic heterocycles. The van der Waals surface area contributed by atoms with Crippen molar-refractivity contribution in [2.75, 3.05) is 39.4 Å². The van der Waals surface area contributed by atoms with Gasteiger partial charge in [0, 0.05) is 31.7 Å². The Morgan fingerprint density at radius 3 is 2.30 bits per heavy atom. The highest BCUT2D eigenvalue weighted by Gasteiger charge is 2.27. The molecule has 0 aliphatic carbocycles. The first kappa shape index (κ1) is 23.5. The van der Waals surface area contributed by atoms with E-state index in [0.717, 1.165) is 0 Å². The van der Waals surface area contributed by atoms with E-state index in [4.69, 9.17) is 14.2 Å². The number of methoxy groups -OCH3 is 3. The minimum atomic E-state index is -0.688. The van der Waals surface area contributed by atoms with Crippen LogP contribution in [0.3, 0.4) is 0 Å². The Hall–Kier alpha value is -4.18. The molecular weight excluding hydrogens is 428 g/mol. The molecule has 2 heterocycles. The van der Waals surface area contributed by atoms with Crippen molar-refractivity contribution in [2.24, 2.45) is 0 Å². The minimum Gasteiger partial charge on any atom is -0.465 e. The highest BCUT2D eigenvalue weighted by atomic mass is 16.5. The van der Waals surface area contributed by atoms with Gasteiger partial charge >= 0.3 is 11.9 Å². The molecule has 0 saturated carbocycles. The fourth-order valence-corrected chi connectivity index (χ4v) is 3.08. The summed E-state index contributed by atoms with van der Waals surface area (Å²) in [6.45, 7) is 0.798. The third-order valence-corrected chi connectivity index (χ3v) is 4.70. The lowest BCUT2D eigenvalue weighted by molar-refractivity contribution is -0.139. The molecule has 10 nitrogen and oxygen atoms in total. The predicted molar refractivity (Wildman–Crippen MR) is 120 cm³/mol. The molecule has 0 unspecified atom stereocenters. The average molecular weight is 452 g/mol. The first-order chi connectivity index (χ1) is 16.0. The Morgan fingerprint density at radius 2 is 1.64 bits per heavy atom. The number of esters is 2. The van der Waals surface area contributed by atoms with E-state index in [1.165, 1.54) is 20.3 Å². The number of nitrogens with one attached hydrogen (secondary N) is 1. The molecule has 1 amide bonds. The molecule has 172 valence electrons. The molecule has 0 saturated heterocycles. The van der Waals surface area contributed by atoms with E-state index in [9.17, 15) is 14.4 Å². The first-order valence-corrected chi connectivity index (χ1v) is 9.98. The zero-order valence-corrected chi connectivity index (χ0v) is 18.5. The van der Waals surface area contributed by atoms with E-state index in [0.29, 0.717) is 24.5 Å². The number of carbonyl (C=O) groups excluding carboxylic acids is 3. The van der Waals surface area contributed by atoms with Gasteiger partial charge in [-0.15, -0.1) is 0 Å². The van der Waals surface area contributed by atoms with Crippen molar-refractivity contribution in [3.05, 3.63) is 77.9 Å². The standard InChI is InChI=1S/C23H24N4O6/c1-31-15-12-24-21(28)19-11-14-27(25-19)17-9-7-16(8-10-17)26-13-5-4-6-18(22(29)32-2)20(26)23(30)33-3/h4-11,13-14H,12,15H2,1-3H3,(H,24,28). The van der Waals surface area contributed by atoms with Crippen LogP contribution in [0.1, 0.15) is 10.5 Å². The molecule has 3 rings (SSSR count). The number of aromatic nitrogens is 2. The van der Waals surface area contributed by atoms with Crippen molar-refractivity contribution >= 4 is 23.5 Å². The van der Waals surface area contributed by atoms with Gasteiger partial charge in [0.15, 0.2) is 5.69 Å². The van der Waals surface area contributed by atoms with E-state index < -0.39 is 11.9 Å². The van der Waals surface area contributed by atoms with Crippen LogP contribution in [-0.4, -0.2) is 62.1 Å². The summed E-state index contributed by atoms with van der Waals surface area (Å²) in [6.07, 6.45) is 8.13. The van der Waals surface area contributed by atoms with Gasteiger partial charge in [-0.3, -0.25) is 4.79 Å². The van der Waals surface area contributed by atoms with E-state index in [1.54, 1.807) is 71.6 Å². The summed E-state index contributed by atoms with van der Waals surface area (Å²) < 4.78 is 16.2. The number of carbonyl (C=O) groups is 3. The first-order valence-electron chi connectivity index (χ1n) is 9.98. The molecule has 0 fully saturated rings. The van der Waals surface area contributed by atoms with Crippen LogP contribution >= 0.6 is 0 Å². The second-order valence-corrected chi connectivity index (χ2v) is 6.73. The Balaban J connectivity index is 1.88. The number of hydrogen-bond donors (Lipinski definition) is 1. The number of anilines is 1. The highest BCUT2D eigenvalue weighted by Crippen LogP contribution is 2.27. The van der Waals surface area contributed by atoms with Crippen LogP contribution < -0.4 is 10.2 Å². The van der Waals surface area contributed by atoms with Crippen LogP contribution in [0.5, 0.6) is 0 Å². The maximum absolute atomic E-state index is 12.5. The number of benzene rings is 1. The van der Waals surface area contributed by atoms with Crippen molar-refractivity contribution in [1.82, 2.24) is 15.1 Å². The van der Waals surface area contributed by atoms with Gasteiger partial charge in [-0.1, -0.05) is 6.08 Å². The number of hydrogen-bond acceptors (Lipinski definition) is 8. The lowest BCUT2D eigenvalue weighted by Crippen LogP contribution is -2.27. The van der Waals surface area contributed by atoms with Gasteiger partial charge in [-0.05, 0) is 42.5 Å². The minimum absolute atomic E-state index is 0.0243. The number of amides is 1. The maximum atomic E-state index is 12.5. The Morgan fingerprint density at radius 1 is 0.939 bits per heavy atom. The fraction of sp³-hybridized carbons (Fsp3) is 0.217. The number of nitrogens with zero attached hydrogens (tertiary/aromatic N) is 3. The SMILES string of the molecule is COCCNC(=O)c1ccn(-c2ccc(N3C=CC=CC(C(=O)OC)=C3C(=O)OC)cc2)n1. The second kappa shape index (κ2) is 10.9. The van der Waals surface area contributed by atoms with E-state index >= 15 is 0 Å². The normalized spacial score (nSPS) is 13.0. The molecule has 0 spiro atoms. The Labute approximate surface area is 190 Å². The van der Waals surface area contributed by atoms with Gasteiger partial charge < -0.3 is 24.4 Å². The summed E-state index contributed by atoms with van der Waals surface area (Å²) in [5.41, 5.74) is 1.66. The van der Waals surface area contributed by atoms with Gasteiger partial charge in [0.05, 0.1) is 32.1 Å². The quantitative estimate of drug-likeness (QED) is 0.476. The highest BCUT2D eigenvalue weighted by molar-refractivity contribution is 6.05. The zero-order chi connectivity index (χ0) is 23.8. The van der Waals surface area contributed by atoms with Crippen molar-refractivity contribution in [3.63, 3.8) is 0 Å². The van der Waals surface area contributed by atoms with Crippen LogP contribution in [0.4, 0.5) is 5.69 Å². The van der Waals surface area contributed by atoms with Gasteiger partial charge in [-0.25, -0.2) is 14.3 Å². The van der Waals surface area contributed by atoms with Crippen molar-refractivity contribution in [3.8, 4) is 5.69 Å². The fourth-order valence-electron chi connectivity index (χ4n) is 3.08. The topological polar surface area (TPSA) is 112 Å². The molecule has 1 aromatic carbocycles. The number of ether oxygens (including phenoxy) is 3. The third kappa shape index (κ3) is 5.36. The summed E-state index contributed by atoms with van der Waals surface area (Å²) in [6, 6.07) is 8.66. The monoisotopic (exact) mass is 452 g/mol. The van der Waals surface area contributed by atoms with Gasteiger partial charge in [0.2, 0.25) is 0 Å². The summed E-state index contributed by atoms with van der Waals surface area (Å²) >= 11 is 0. The molecular formula is C23H24N4O6. The molecule has 33 heavy (non-hydrogen) atoms. The van der Waals surface area contributed by atoms with E-state index in [2.05, 4.69) is 10.4 Å². The van der Waals surface area contributed by atoms with E-state index in [-0.39, 0.29) is 22.9 Å². The smallest absolute Gasteiger partial charge is 0.355 e. The van der Waals surface area contributed by atoms with Crippen LogP contribution in [0.2, 0.25) is 0 Å². The Bertz CT molecular complexity index is 1110. The predicted octanol–water partition coefficient (Wildman–Crippen LogP) is 1.74. The van der Waals surface area contributed by atoms with Gasteiger partial charge in [0.1, 0.15) is 5.70 Å². The molecule has 2 aromatic rings. The summed E-state index contributed by atoms with van der Waals surface area (Å²) in [4.78, 5) is 38.5. The van der Waals surface area contributed by atoms with Gasteiger partial charge in [-0.2, -0.15) is 5.10 Å². The maximum Gasteiger partial charge on any atom is 0.355 e. The average Bonchev–Trinajstić information content (AvgIpc) is 3.23. The third-order valence-electron chi connectivity index (χ3n) is 4.70. The largest absolute Gasteiger partial charge is 0.465 e. The molecule has 0 bridgehead atoms. The zero-order valence-electron chi connectivity index (χ0n) is 18.5. The summed E-state index contributed by atoms with van der Waals surface area (Å²) in [7, 11) is 4.04. The lowest BCUT2D eigenvalue weighted by Gasteiger charge is -2.23. The second-order valence-electron chi connectivity index (χ2n) is 6.73. The lowest BCUT2D eigenvalue weighted by atomic mass is 10.1. The molecule has 1 N–H and O–H groups in total. The summed E-state index contributed by atoms with van der Waals surface area (Å²) in [5.74, 6) is -1.65. The Kier molecular flexibility index (Phi) is 7.77.